The fraction of sp³-hybridized carbons (Fsp3) is 0. The normalized spacial score (nSPS) is 10.5. The zero-order valence-corrected chi connectivity index (χ0v) is 11.2. The van der Waals surface area contributed by atoms with Crippen LogP contribution in [0.5, 0.6) is 0 Å². The van der Waals surface area contributed by atoms with E-state index in [1.807, 2.05) is 28.7 Å². The lowest BCUT2D eigenvalue weighted by Crippen LogP contribution is -1.83. The molecule has 0 saturated heterocycles. The van der Waals surface area contributed by atoms with Crippen molar-refractivity contribution in [2.75, 3.05) is 0 Å². The maximum atomic E-state index is 13.2. The van der Waals surface area contributed by atoms with Crippen LogP contribution in [0.15, 0.2) is 22.7 Å². The molecule has 0 spiro atoms. The minimum atomic E-state index is -0.285. The predicted molar refractivity (Wildman–Crippen MR) is 65.7 cm³/mol. The van der Waals surface area contributed by atoms with Gasteiger partial charge in [0.05, 0.1) is 4.47 Å². The molecule has 0 N–H and O–H groups in total. The van der Waals surface area contributed by atoms with Gasteiger partial charge in [0, 0.05) is 28.2 Å². The second kappa shape index (κ2) is 4.19. The molecule has 1 aromatic heterocycles. The molecule has 0 aliphatic rings. The Morgan fingerprint density at radius 1 is 1.43 bits per heavy atom. The Morgan fingerprint density at radius 2 is 2.21 bits per heavy atom. The summed E-state index contributed by atoms with van der Waals surface area (Å²) in [5.41, 5.74) is 0.741. The molecule has 0 bridgehead atoms. The first-order valence-electron chi connectivity index (χ1n) is 3.62. The van der Waals surface area contributed by atoms with Crippen LogP contribution >= 0.6 is 50.1 Å². The average Bonchev–Trinajstić information content (AvgIpc) is 2.57. The lowest BCUT2D eigenvalue weighted by molar-refractivity contribution is 0.622. The second-order valence-electron chi connectivity index (χ2n) is 2.47. The van der Waals surface area contributed by atoms with Gasteiger partial charge in [0.2, 0.25) is 3.83 Å². The maximum absolute atomic E-state index is 13.2. The molecule has 0 saturated carbocycles. The highest BCUT2D eigenvalue weighted by Gasteiger charge is 2.11. The van der Waals surface area contributed by atoms with E-state index in [9.17, 15) is 4.39 Å². The third-order valence-corrected chi connectivity index (χ3v) is 3.95. The molecule has 0 aliphatic heterocycles. The van der Waals surface area contributed by atoms with Gasteiger partial charge < -0.3 is 0 Å². The van der Waals surface area contributed by atoms with Crippen molar-refractivity contribution in [1.82, 2.24) is 9.36 Å². The van der Waals surface area contributed by atoms with Crippen molar-refractivity contribution >= 4 is 50.1 Å². The van der Waals surface area contributed by atoms with E-state index in [0.29, 0.717) is 8.30 Å². The topological polar surface area (TPSA) is 25.8 Å². The molecule has 0 amide bonds. The first kappa shape index (κ1) is 10.4. The largest absolute Gasteiger partial charge is 0.210 e. The van der Waals surface area contributed by atoms with E-state index in [-0.39, 0.29) is 5.82 Å². The Labute approximate surface area is 106 Å². The average molecular weight is 385 g/mol. The first-order chi connectivity index (χ1) is 6.68. The van der Waals surface area contributed by atoms with E-state index in [1.165, 1.54) is 17.6 Å². The third kappa shape index (κ3) is 1.96. The fourth-order valence-electron chi connectivity index (χ4n) is 0.984. The lowest BCUT2D eigenvalue weighted by atomic mass is 10.2. The molecule has 6 heteroatoms. The van der Waals surface area contributed by atoms with E-state index in [1.54, 1.807) is 6.07 Å². The molecular weight excluding hydrogens is 382 g/mol. The van der Waals surface area contributed by atoms with E-state index in [0.717, 1.165) is 10.6 Å². The van der Waals surface area contributed by atoms with Gasteiger partial charge in [0.1, 0.15) is 10.8 Å². The van der Waals surface area contributed by atoms with Crippen LogP contribution in [0.4, 0.5) is 4.39 Å². The molecule has 2 rings (SSSR count). The Balaban J connectivity index is 2.57. The highest BCUT2D eigenvalue weighted by Crippen LogP contribution is 2.31. The molecule has 0 fully saturated rings. The first-order valence-corrected chi connectivity index (χ1v) is 6.26. The molecule has 72 valence electrons. The van der Waals surface area contributed by atoms with E-state index >= 15 is 0 Å². The summed E-state index contributed by atoms with van der Waals surface area (Å²) in [7, 11) is 0. The van der Waals surface area contributed by atoms with Gasteiger partial charge in [-0.3, -0.25) is 0 Å². The fourth-order valence-corrected chi connectivity index (χ4v) is 2.87. The van der Waals surface area contributed by atoms with Crippen molar-refractivity contribution in [3.05, 3.63) is 32.3 Å². The van der Waals surface area contributed by atoms with Crippen LogP contribution in [0.2, 0.25) is 0 Å². The van der Waals surface area contributed by atoms with Gasteiger partial charge in [-0.25, -0.2) is 9.37 Å². The Hall–Kier alpha value is -0.0800. The van der Waals surface area contributed by atoms with Crippen molar-refractivity contribution in [3.8, 4) is 10.6 Å². The van der Waals surface area contributed by atoms with Crippen LogP contribution in [-0.2, 0) is 0 Å². The zero-order chi connectivity index (χ0) is 10.1. The Bertz CT molecular complexity index is 474. The number of aromatic nitrogens is 2. The van der Waals surface area contributed by atoms with Gasteiger partial charge in [0.25, 0.3) is 0 Å². The minimum Gasteiger partial charge on any atom is -0.210 e. The molecule has 0 aliphatic carbocycles. The second-order valence-corrected chi connectivity index (χ2v) is 4.98. The lowest BCUT2D eigenvalue weighted by Gasteiger charge is -1.99. The quantitative estimate of drug-likeness (QED) is 0.700. The number of hydrogen-bond donors (Lipinski definition) is 0. The van der Waals surface area contributed by atoms with Gasteiger partial charge in [-0.2, -0.15) is 4.37 Å². The molecular formula is C8H3BrFIN2S. The number of nitrogens with zero attached hydrogens (tertiary/aromatic N) is 2. The van der Waals surface area contributed by atoms with Crippen molar-refractivity contribution < 1.29 is 4.39 Å². The van der Waals surface area contributed by atoms with Crippen molar-refractivity contribution in [2.45, 2.75) is 0 Å². The highest BCUT2D eigenvalue weighted by molar-refractivity contribution is 14.1. The summed E-state index contributed by atoms with van der Waals surface area (Å²) in [5.74, 6) is -0.285. The molecule has 0 radical (unpaired) electrons. The third-order valence-electron chi connectivity index (χ3n) is 1.58. The molecule has 0 atom stereocenters. The van der Waals surface area contributed by atoms with Gasteiger partial charge in [-0.1, -0.05) is 12.1 Å². The van der Waals surface area contributed by atoms with Gasteiger partial charge in [-0.15, -0.1) is 0 Å². The molecule has 2 aromatic rings. The number of benzene rings is 1. The zero-order valence-electron chi connectivity index (χ0n) is 6.67. The summed E-state index contributed by atoms with van der Waals surface area (Å²) < 4.78 is 18.3. The van der Waals surface area contributed by atoms with Crippen LogP contribution in [0, 0.1) is 9.65 Å². The van der Waals surface area contributed by atoms with Crippen LogP contribution in [0.25, 0.3) is 10.6 Å². The Morgan fingerprint density at radius 3 is 2.86 bits per heavy atom. The highest BCUT2D eigenvalue weighted by atomic mass is 127. The van der Waals surface area contributed by atoms with Gasteiger partial charge >= 0.3 is 0 Å². The molecule has 14 heavy (non-hydrogen) atoms. The van der Waals surface area contributed by atoms with Gasteiger partial charge in [0.15, 0.2) is 0 Å². The van der Waals surface area contributed by atoms with Gasteiger partial charge in [-0.05, 0) is 33.5 Å². The molecule has 2 nitrogen and oxygen atoms in total. The van der Waals surface area contributed by atoms with Crippen molar-refractivity contribution in [1.29, 1.82) is 0 Å². The monoisotopic (exact) mass is 384 g/mol. The SMILES string of the molecule is Fc1cccc(-c2nc(I)ns2)c1Br. The minimum absolute atomic E-state index is 0.285. The van der Waals surface area contributed by atoms with Crippen molar-refractivity contribution in [3.63, 3.8) is 0 Å². The summed E-state index contributed by atoms with van der Waals surface area (Å²) in [6, 6.07) is 4.87. The van der Waals surface area contributed by atoms with Crippen LogP contribution in [-0.4, -0.2) is 9.36 Å². The summed E-state index contributed by atoms with van der Waals surface area (Å²) >= 11 is 6.47. The number of rotatable bonds is 1. The van der Waals surface area contributed by atoms with E-state index < -0.39 is 0 Å². The maximum Gasteiger partial charge on any atom is 0.203 e. The number of hydrogen-bond acceptors (Lipinski definition) is 3. The van der Waals surface area contributed by atoms with Crippen LogP contribution in [0.3, 0.4) is 0 Å². The predicted octanol–water partition coefficient (Wildman–Crippen LogP) is 3.71. The standard InChI is InChI=1S/C8H3BrFIN2S/c9-6-4(2-1-3-5(6)10)7-12-8(11)13-14-7/h1-3H. The van der Waals surface area contributed by atoms with Crippen LogP contribution < -0.4 is 0 Å². The smallest absolute Gasteiger partial charge is 0.203 e. The molecule has 1 aromatic carbocycles. The summed E-state index contributed by atoms with van der Waals surface area (Å²) in [6.07, 6.45) is 0. The molecule has 1 heterocycles. The summed E-state index contributed by atoms with van der Waals surface area (Å²) in [6.45, 7) is 0. The number of halogens is 3. The van der Waals surface area contributed by atoms with E-state index in [4.69, 9.17) is 0 Å². The molecule has 0 unspecified atom stereocenters. The Kier molecular flexibility index (Phi) is 3.13. The summed E-state index contributed by atoms with van der Waals surface area (Å²) in [4.78, 5) is 4.18. The van der Waals surface area contributed by atoms with Crippen LogP contribution in [0.1, 0.15) is 0 Å². The summed E-state index contributed by atoms with van der Waals surface area (Å²) in [5, 5.41) is 0.723. The van der Waals surface area contributed by atoms with E-state index in [2.05, 4.69) is 25.3 Å². The van der Waals surface area contributed by atoms with Crippen molar-refractivity contribution in [2.24, 2.45) is 0 Å².